The van der Waals surface area contributed by atoms with E-state index in [2.05, 4.69) is 19.8 Å². The monoisotopic (exact) mass is 244 g/mol. The number of terminal acetylenes is 1. The molecule has 0 heterocycles. The lowest BCUT2D eigenvalue weighted by Crippen LogP contribution is -2.57. The second-order valence-electron chi connectivity index (χ2n) is 8.04. The standard InChI is InChI=1S/C17H24O/c1-4-5-6-14(18)17-9-13-7-15(2,11-17)10-16(3,8-13)12-17/h1,13H,5-12H2,2-3H3. The lowest BCUT2D eigenvalue weighted by Gasteiger charge is -2.64. The summed E-state index contributed by atoms with van der Waals surface area (Å²) in [4.78, 5) is 12.6. The third kappa shape index (κ3) is 1.73. The summed E-state index contributed by atoms with van der Waals surface area (Å²) in [5.41, 5.74) is 0.861. The van der Waals surface area contributed by atoms with E-state index in [0.717, 1.165) is 25.2 Å². The summed E-state index contributed by atoms with van der Waals surface area (Å²) in [7, 11) is 0. The highest BCUT2D eigenvalue weighted by Crippen LogP contribution is 2.69. The van der Waals surface area contributed by atoms with Crippen LogP contribution in [-0.4, -0.2) is 5.78 Å². The van der Waals surface area contributed by atoms with E-state index in [-0.39, 0.29) is 5.41 Å². The minimum absolute atomic E-state index is 0.000231. The molecule has 0 aromatic carbocycles. The Hall–Kier alpha value is -0.770. The Bertz CT molecular complexity index is 409. The van der Waals surface area contributed by atoms with Gasteiger partial charge in [-0.1, -0.05) is 13.8 Å². The van der Waals surface area contributed by atoms with Crippen LogP contribution in [0.2, 0.25) is 0 Å². The van der Waals surface area contributed by atoms with Gasteiger partial charge in [0.2, 0.25) is 0 Å². The minimum atomic E-state index is -0.000231. The molecule has 0 N–H and O–H groups in total. The Kier molecular flexibility index (Phi) is 2.47. The van der Waals surface area contributed by atoms with Gasteiger partial charge < -0.3 is 0 Å². The molecule has 98 valence electrons. The highest BCUT2D eigenvalue weighted by atomic mass is 16.1. The number of Topliss-reactive ketones (excluding diaryl/α,β-unsaturated/α-hetero) is 1. The van der Waals surface area contributed by atoms with Gasteiger partial charge in [0, 0.05) is 18.3 Å². The number of carbonyl (C=O) groups is 1. The molecule has 4 bridgehead atoms. The summed E-state index contributed by atoms with van der Waals surface area (Å²) in [6, 6.07) is 0. The molecular weight excluding hydrogens is 220 g/mol. The highest BCUT2D eigenvalue weighted by Gasteiger charge is 2.62. The molecule has 0 spiro atoms. The lowest BCUT2D eigenvalue weighted by atomic mass is 9.39. The molecule has 4 aliphatic carbocycles. The van der Waals surface area contributed by atoms with Gasteiger partial charge in [0.05, 0.1) is 0 Å². The van der Waals surface area contributed by atoms with Crippen LogP contribution in [-0.2, 0) is 4.79 Å². The topological polar surface area (TPSA) is 17.1 Å². The van der Waals surface area contributed by atoms with Crippen molar-refractivity contribution < 1.29 is 4.79 Å². The largest absolute Gasteiger partial charge is 0.299 e. The molecule has 18 heavy (non-hydrogen) atoms. The van der Waals surface area contributed by atoms with Crippen molar-refractivity contribution in [1.82, 2.24) is 0 Å². The minimum Gasteiger partial charge on any atom is -0.299 e. The van der Waals surface area contributed by atoms with Crippen LogP contribution >= 0.6 is 0 Å². The van der Waals surface area contributed by atoms with Crippen LogP contribution in [0.5, 0.6) is 0 Å². The maximum absolute atomic E-state index is 12.6. The van der Waals surface area contributed by atoms with Crippen molar-refractivity contribution in [2.45, 2.75) is 65.2 Å². The van der Waals surface area contributed by atoms with E-state index in [1.165, 1.54) is 19.3 Å². The Morgan fingerprint density at radius 1 is 1.17 bits per heavy atom. The fourth-order valence-corrected chi connectivity index (χ4v) is 6.21. The van der Waals surface area contributed by atoms with Gasteiger partial charge in [0.15, 0.2) is 0 Å². The van der Waals surface area contributed by atoms with E-state index in [0.29, 0.717) is 29.5 Å². The molecule has 0 amide bonds. The molecule has 4 fully saturated rings. The van der Waals surface area contributed by atoms with E-state index >= 15 is 0 Å². The highest BCUT2D eigenvalue weighted by molar-refractivity contribution is 5.85. The van der Waals surface area contributed by atoms with Crippen molar-refractivity contribution in [3.05, 3.63) is 0 Å². The number of ketones is 1. The number of hydrogen-bond donors (Lipinski definition) is 0. The zero-order chi connectivity index (χ0) is 13.0. The van der Waals surface area contributed by atoms with Crippen molar-refractivity contribution in [2.75, 3.05) is 0 Å². The molecule has 0 aromatic rings. The van der Waals surface area contributed by atoms with Gasteiger partial charge in [0.25, 0.3) is 0 Å². The van der Waals surface area contributed by atoms with Gasteiger partial charge in [-0.15, -0.1) is 12.3 Å². The fourth-order valence-electron chi connectivity index (χ4n) is 6.21. The maximum Gasteiger partial charge on any atom is 0.140 e. The Balaban J connectivity index is 1.89. The molecule has 1 nitrogen and oxygen atoms in total. The molecule has 2 atom stereocenters. The van der Waals surface area contributed by atoms with Crippen LogP contribution in [0.25, 0.3) is 0 Å². The first-order chi connectivity index (χ1) is 8.39. The normalized spacial score (nSPS) is 49.1. The molecular formula is C17H24O. The quantitative estimate of drug-likeness (QED) is 0.687. The van der Waals surface area contributed by atoms with Crippen molar-refractivity contribution >= 4 is 5.78 Å². The third-order valence-electron chi connectivity index (χ3n) is 5.71. The van der Waals surface area contributed by atoms with Crippen LogP contribution in [0.3, 0.4) is 0 Å². The van der Waals surface area contributed by atoms with Crippen LogP contribution in [0.4, 0.5) is 0 Å². The van der Waals surface area contributed by atoms with Crippen molar-refractivity contribution in [1.29, 1.82) is 0 Å². The van der Waals surface area contributed by atoms with Gasteiger partial charge in [-0.25, -0.2) is 0 Å². The molecule has 0 aromatic heterocycles. The molecule has 4 aliphatic rings. The number of hydrogen-bond acceptors (Lipinski definition) is 1. The molecule has 1 heteroatoms. The van der Waals surface area contributed by atoms with E-state index < -0.39 is 0 Å². The molecule has 2 unspecified atom stereocenters. The fraction of sp³-hybridized carbons (Fsp3) is 0.824. The predicted molar refractivity (Wildman–Crippen MR) is 72.9 cm³/mol. The summed E-state index contributed by atoms with van der Waals surface area (Å²) >= 11 is 0. The average Bonchev–Trinajstić information content (AvgIpc) is 2.20. The van der Waals surface area contributed by atoms with Crippen molar-refractivity contribution in [3.63, 3.8) is 0 Å². The summed E-state index contributed by atoms with van der Waals surface area (Å²) in [5.74, 6) is 3.90. The smallest absolute Gasteiger partial charge is 0.140 e. The van der Waals surface area contributed by atoms with E-state index in [1.807, 2.05) is 0 Å². The zero-order valence-electron chi connectivity index (χ0n) is 11.7. The summed E-state index contributed by atoms with van der Waals surface area (Å²) in [6.07, 6.45) is 14.0. The summed E-state index contributed by atoms with van der Waals surface area (Å²) in [5, 5.41) is 0. The van der Waals surface area contributed by atoms with Crippen LogP contribution < -0.4 is 0 Å². The molecule has 4 rings (SSSR count). The van der Waals surface area contributed by atoms with E-state index in [9.17, 15) is 4.79 Å². The first-order valence-electron chi connectivity index (χ1n) is 7.36. The van der Waals surface area contributed by atoms with Gasteiger partial charge >= 0.3 is 0 Å². The van der Waals surface area contributed by atoms with Gasteiger partial charge in [-0.3, -0.25) is 4.79 Å². The van der Waals surface area contributed by atoms with Crippen LogP contribution in [0.1, 0.15) is 65.2 Å². The van der Waals surface area contributed by atoms with Crippen LogP contribution in [0, 0.1) is 34.5 Å². The molecule has 0 aliphatic heterocycles. The maximum atomic E-state index is 12.6. The van der Waals surface area contributed by atoms with Gasteiger partial charge in [-0.2, -0.15) is 0 Å². The van der Waals surface area contributed by atoms with Gasteiger partial charge in [-0.05, 0) is 55.3 Å². The van der Waals surface area contributed by atoms with Crippen molar-refractivity contribution in [2.24, 2.45) is 22.2 Å². The van der Waals surface area contributed by atoms with Crippen LogP contribution in [0.15, 0.2) is 0 Å². The van der Waals surface area contributed by atoms with E-state index in [4.69, 9.17) is 6.42 Å². The second-order valence-corrected chi connectivity index (χ2v) is 8.04. The zero-order valence-corrected chi connectivity index (χ0v) is 11.7. The number of carbonyl (C=O) groups excluding carboxylic acids is 1. The first-order valence-corrected chi connectivity index (χ1v) is 7.36. The Morgan fingerprint density at radius 3 is 2.28 bits per heavy atom. The average molecular weight is 244 g/mol. The van der Waals surface area contributed by atoms with E-state index in [1.54, 1.807) is 0 Å². The Labute approximate surface area is 111 Å². The Morgan fingerprint density at radius 2 is 1.78 bits per heavy atom. The second kappa shape index (κ2) is 3.62. The first kappa shape index (κ1) is 12.3. The summed E-state index contributed by atoms with van der Waals surface area (Å²) < 4.78 is 0. The lowest BCUT2D eigenvalue weighted by molar-refractivity contribution is -0.168. The summed E-state index contributed by atoms with van der Waals surface area (Å²) in [6.45, 7) is 4.83. The molecule has 4 saturated carbocycles. The predicted octanol–water partition coefficient (Wildman–Crippen LogP) is 3.97. The molecule has 0 radical (unpaired) electrons. The number of rotatable bonds is 3. The third-order valence-corrected chi connectivity index (χ3v) is 5.71. The molecule has 0 saturated heterocycles. The SMILES string of the molecule is C#CCCC(=O)C12CC3CC(C)(CC(C)(C3)C1)C2. The van der Waals surface area contributed by atoms with Crippen molar-refractivity contribution in [3.8, 4) is 12.3 Å². The van der Waals surface area contributed by atoms with Gasteiger partial charge in [0.1, 0.15) is 5.78 Å².